The number of aryl methyl sites for hydroxylation is 3. The summed E-state index contributed by atoms with van der Waals surface area (Å²) in [5, 5.41) is 6.29. The number of nitrogens with zero attached hydrogens (tertiary/aromatic N) is 1. The van der Waals surface area contributed by atoms with Gasteiger partial charge in [0.2, 0.25) is 0 Å². The van der Waals surface area contributed by atoms with Crippen LogP contribution in [0.25, 0.3) is 11.0 Å². The van der Waals surface area contributed by atoms with Crippen LogP contribution in [0.5, 0.6) is 0 Å². The Morgan fingerprint density at radius 1 is 1.18 bits per heavy atom. The highest BCUT2D eigenvalue weighted by Crippen LogP contribution is 2.29. The topological polar surface area (TPSA) is 45.5 Å². The van der Waals surface area contributed by atoms with Crippen molar-refractivity contribution in [2.45, 2.75) is 46.1 Å². The summed E-state index contributed by atoms with van der Waals surface area (Å²) in [6.07, 6.45) is 3.77. The second-order valence-corrected chi connectivity index (χ2v) is 8.81. The maximum atomic E-state index is 12.9. The minimum absolute atomic E-state index is 0.123. The Morgan fingerprint density at radius 2 is 1.93 bits per heavy atom. The van der Waals surface area contributed by atoms with Crippen molar-refractivity contribution in [3.63, 3.8) is 0 Å². The van der Waals surface area contributed by atoms with Gasteiger partial charge in [-0.2, -0.15) is 0 Å². The quantitative estimate of drug-likeness (QED) is 0.630. The summed E-state index contributed by atoms with van der Waals surface area (Å²) in [6.45, 7) is 8.92. The number of nitrogens with one attached hydrogen (secondary N) is 1. The van der Waals surface area contributed by atoms with Crippen molar-refractivity contribution in [3.05, 3.63) is 57.0 Å². The van der Waals surface area contributed by atoms with Crippen molar-refractivity contribution in [1.29, 1.82) is 0 Å². The molecule has 0 unspecified atom stereocenters. The molecule has 1 atom stereocenters. The Hall–Kier alpha value is -2.11. The fraction of sp³-hybridized carbons (Fsp3) is 0.435. The molecule has 1 amide bonds. The van der Waals surface area contributed by atoms with Gasteiger partial charge in [0.15, 0.2) is 5.76 Å². The number of hydrogen-bond acceptors (Lipinski definition) is 4. The van der Waals surface area contributed by atoms with Crippen LogP contribution in [0.15, 0.2) is 34.1 Å². The van der Waals surface area contributed by atoms with E-state index in [1.54, 1.807) is 11.3 Å². The second-order valence-electron chi connectivity index (χ2n) is 7.83. The lowest BCUT2D eigenvalue weighted by Gasteiger charge is -2.34. The van der Waals surface area contributed by atoms with Gasteiger partial charge in [-0.05, 0) is 81.4 Å². The van der Waals surface area contributed by atoms with Crippen LogP contribution >= 0.6 is 11.3 Å². The molecule has 4 rings (SSSR count). The van der Waals surface area contributed by atoms with Crippen molar-refractivity contribution in [2.24, 2.45) is 0 Å². The molecule has 0 saturated carbocycles. The second kappa shape index (κ2) is 8.10. The first kappa shape index (κ1) is 19.2. The van der Waals surface area contributed by atoms with Crippen LogP contribution in [0, 0.1) is 20.8 Å². The van der Waals surface area contributed by atoms with E-state index in [0.717, 1.165) is 29.6 Å². The van der Waals surface area contributed by atoms with Gasteiger partial charge in [-0.15, -0.1) is 11.3 Å². The van der Waals surface area contributed by atoms with Gasteiger partial charge in [-0.1, -0.05) is 12.5 Å². The van der Waals surface area contributed by atoms with Gasteiger partial charge in [-0.25, -0.2) is 0 Å². The lowest BCUT2D eigenvalue weighted by molar-refractivity contribution is 0.0899. The predicted molar refractivity (Wildman–Crippen MR) is 115 cm³/mol. The number of thiophene rings is 1. The maximum Gasteiger partial charge on any atom is 0.287 e. The first-order valence-corrected chi connectivity index (χ1v) is 11.0. The van der Waals surface area contributed by atoms with Crippen molar-refractivity contribution in [2.75, 3.05) is 19.6 Å². The number of furan rings is 1. The molecule has 0 radical (unpaired) electrons. The molecular weight excluding hydrogens is 368 g/mol. The Labute approximate surface area is 170 Å². The number of carbonyl (C=O) groups is 1. The van der Waals surface area contributed by atoms with Gasteiger partial charge >= 0.3 is 0 Å². The zero-order valence-corrected chi connectivity index (χ0v) is 17.7. The first-order chi connectivity index (χ1) is 13.5. The lowest BCUT2D eigenvalue weighted by atomic mass is 10.0. The summed E-state index contributed by atoms with van der Waals surface area (Å²) < 4.78 is 5.94. The molecule has 1 saturated heterocycles. The van der Waals surface area contributed by atoms with Gasteiger partial charge < -0.3 is 9.73 Å². The number of piperidine rings is 1. The van der Waals surface area contributed by atoms with Gasteiger partial charge in [0.25, 0.3) is 5.91 Å². The van der Waals surface area contributed by atoms with Crippen molar-refractivity contribution in [3.8, 4) is 0 Å². The third kappa shape index (κ3) is 3.74. The first-order valence-electron chi connectivity index (χ1n) is 10.1. The Balaban J connectivity index is 1.53. The number of rotatable bonds is 5. The molecular formula is C23H28N2O2S. The van der Waals surface area contributed by atoms with E-state index in [1.165, 1.54) is 35.3 Å². The molecule has 2 aromatic heterocycles. The summed E-state index contributed by atoms with van der Waals surface area (Å²) in [6, 6.07) is 8.64. The highest BCUT2D eigenvalue weighted by atomic mass is 32.1. The highest BCUT2D eigenvalue weighted by molar-refractivity contribution is 7.10. The molecule has 3 heterocycles. The third-order valence-electron chi connectivity index (χ3n) is 5.92. The molecule has 5 heteroatoms. The van der Waals surface area contributed by atoms with E-state index in [9.17, 15) is 4.79 Å². The summed E-state index contributed by atoms with van der Waals surface area (Å²) >= 11 is 1.77. The van der Waals surface area contributed by atoms with Gasteiger partial charge in [0.1, 0.15) is 5.58 Å². The third-order valence-corrected chi connectivity index (χ3v) is 6.89. The van der Waals surface area contributed by atoms with Crippen LogP contribution in [0.4, 0.5) is 0 Å². The molecule has 1 aliphatic heterocycles. The van der Waals surface area contributed by atoms with Crippen molar-refractivity contribution in [1.82, 2.24) is 10.2 Å². The molecule has 1 N–H and O–H groups in total. The number of amides is 1. The van der Waals surface area contributed by atoms with E-state index in [2.05, 4.69) is 47.6 Å². The van der Waals surface area contributed by atoms with Crippen molar-refractivity contribution >= 4 is 28.2 Å². The monoisotopic (exact) mass is 396 g/mol. The zero-order valence-electron chi connectivity index (χ0n) is 16.9. The van der Waals surface area contributed by atoms with E-state index in [1.807, 2.05) is 13.0 Å². The molecule has 0 aliphatic carbocycles. The number of benzene rings is 1. The van der Waals surface area contributed by atoms with Crippen LogP contribution in [0.3, 0.4) is 0 Å². The molecule has 0 bridgehead atoms. The molecule has 3 aromatic rings. The molecule has 1 aromatic carbocycles. The minimum atomic E-state index is -0.123. The normalized spacial score (nSPS) is 16.4. The van der Waals surface area contributed by atoms with Gasteiger partial charge in [-0.3, -0.25) is 9.69 Å². The van der Waals surface area contributed by atoms with E-state index in [-0.39, 0.29) is 11.9 Å². The molecule has 148 valence electrons. The fourth-order valence-electron chi connectivity index (χ4n) is 4.08. The van der Waals surface area contributed by atoms with Crippen LogP contribution in [-0.4, -0.2) is 30.4 Å². The highest BCUT2D eigenvalue weighted by Gasteiger charge is 2.25. The van der Waals surface area contributed by atoms with Crippen LogP contribution in [-0.2, 0) is 0 Å². The summed E-state index contributed by atoms with van der Waals surface area (Å²) in [7, 11) is 0. The average molecular weight is 397 g/mol. The largest absolute Gasteiger partial charge is 0.451 e. The van der Waals surface area contributed by atoms with E-state index >= 15 is 0 Å². The Bertz CT molecular complexity index is 968. The molecule has 1 fully saturated rings. The molecule has 4 nitrogen and oxygen atoms in total. The number of hydrogen-bond donors (Lipinski definition) is 1. The lowest BCUT2D eigenvalue weighted by Crippen LogP contribution is -2.40. The summed E-state index contributed by atoms with van der Waals surface area (Å²) in [4.78, 5) is 16.8. The van der Waals surface area contributed by atoms with Gasteiger partial charge in [0.05, 0.1) is 6.04 Å². The van der Waals surface area contributed by atoms with Gasteiger partial charge in [0, 0.05) is 22.4 Å². The summed E-state index contributed by atoms with van der Waals surface area (Å²) in [5.74, 6) is 0.311. The van der Waals surface area contributed by atoms with E-state index in [4.69, 9.17) is 4.42 Å². The van der Waals surface area contributed by atoms with Crippen molar-refractivity contribution < 1.29 is 9.21 Å². The number of likely N-dealkylation sites (tertiary alicyclic amines) is 1. The Kier molecular flexibility index (Phi) is 5.56. The van der Waals surface area contributed by atoms with Crippen LogP contribution < -0.4 is 5.32 Å². The number of carbonyl (C=O) groups excluding carboxylic acids is 1. The molecule has 1 aliphatic rings. The predicted octanol–water partition coefficient (Wildman–Crippen LogP) is 5.38. The zero-order chi connectivity index (χ0) is 19.7. The maximum absolute atomic E-state index is 12.9. The Morgan fingerprint density at radius 3 is 2.64 bits per heavy atom. The molecule has 28 heavy (non-hydrogen) atoms. The number of fused-ring (bicyclic) bond motifs is 1. The fourth-order valence-corrected chi connectivity index (χ4v) is 4.94. The average Bonchev–Trinajstić information content (AvgIpc) is 3.33. The SMILES string of the molecule is Cc1cc2oc(C(=O)NC[C@@H](c3cccs3)N3CCCCC3)c(C)c2cc1C. The summed E-state index contributed by atoms with van der Waals surface area (Å²) in [5.41, 5.74) is 4.10. The smallest absolute Gasteiger partial charge is 0.287 e. The van der Waals surface area contributed by atoms with E-state index in [0.29, 0.717) is 12.3 Å². The van der Waals surface area contributed by atoms with Crippen LogP contribution in [0.2, 0.25) is 0 Å². The molecule has 0 spiro atoms. The minimum Gasteiger partial charge on any atom is -0.451 e. The standard InChI is InChI=1S/C23H28N2O2S/c1-15-12-18-17(3)22(27-20(18)13-16(15)2)23(26)24-14-19(21-8-7-11-28-21)25-9-5-4-6-10-25/h7-8,11-13,19H,4-6,9-10,14H2,1-3H3,(H,24,26)/t19-/m0/s1. The van der Waals surface area contributed by atoms with Crippen LogP contribution in [0.1, 0.15) is 57.4 Å². The van der Waals surface area contributed by atoms with E-state index < -0.39 is 0 Å².